The number of nitrogens with two attached hydrogens (primary N) is 1. The number of nitrogen functional groups attached to an aromatic ring is 1. The van der Waals surface area contributed by atoms with E-state index in [-0.39, 0.29) is 24.2 Å². The maximum absolute atomic E-state index is 13.3. The number of nitrogens with zero attached hydrogens (tertiary/aromatic N) is 4. The highest BCUT2D eigenvalue weighted by atomic mass is 16.2. The standard InChI is InChI=1S/C23H23N5O2/c24-19-2-1-3-20(12-19)28-14-18(11-22(28)29)23(30)27-8-6-17-10-16(4-5-21(17)27)13-26-9-7-25-15-26/h1-5,7,9-10,12,15,18H,6,8,11,13-14,24H2. The minimum Gasteiger partial charge on any atom is -0.399 e. The summed E-state index contributed by atoms with van der Waals surface area (Å²) in [5.74, 6) is -0.347. The average molecular weight is 401 g/mol. The summed E-state index contributed by atoms with van der Waals surface area (Å²) in [4.78, 5) is 33.4. The molecule has 30 heavy (non-hydrogen) atoms. The predicted molar refractivity (Wildman–Crippen MR) is 115 cm³/mol. The number of anilines is 3. The Morgan fingerprint density at radius 2 is 2.10 bits per heavy atom. The van der Waals surface area contributed by atoms with Crippen molar-refractivity contribution in [3.63, 3.8) is 0 Å². The number of benzene rings is 2. The van der Waals surface area contributed by atoms with Crippen molar-refractivity contribution in [2.24, 2.45) is 5.92 Å². The Balaban J connectivity index is 1.31. The van der Waals surface area contributed by atoms with Crippen molar-refractivity contribution in [1.29, 1.82) is 0 Å². The zero-order valence-electron chi connectivity index (χ0n) is 16.6. The Bertz CT molecular complexity index is 1110. The topological polar surface area (TPSA) is 84.5 Å². The summed E-state index contributed by atoms with van der Waals surface area (Å²) in [5.41, 5.74) is 10.5. The van der Waals surface area contributed by atoms with Crippen molar-refractivity contribution in [2.75, 3.05) is 28.6 Å². The van der Waals surface area contributed by atoms with Gasteiger partial charge in [-0.25, -0.2) is 4.98 Å². The van der Waals surface area contributed by atoms with E-state index in [0.29, 0.717) is 18.8 Å². The molecule has 0 aliphatic carbocycles. The van der Waals surface area contributed by atoms with E-state index in [9.17, 15) is 9.59 Å². The van der Waals surface area contributed by atoms with Crippen LogP contribution in [0.5, 0.6) is 0 Å². The Morgan fingerprint density at radius 3 is 2.90 bits per heavy atom. The summed E-state index contributed by atoms with van der Waals surface area (Å²) in [7, 11) is 0. The van der Waals surface area contributed by atoms with Crippen LogP contribution in [-0.4, -0.2) is 34.5 Å². The molecular weight excluding hydrogens is 378 g/mol. The average Bonchev–Trinajstić information content (AvgIpc) is 3.47. The maximum Gasteiger partial charge on any atom is 0.232 e. The van der Waals surface area contributed by atoms with Gasteiger partial charge in [0.2, 0.25) is 11.8 Å². The van der Waals surface area contributed by atoms with Crippen LogP contribution in [0.4, 0.5) is 17.1 Å². The summed E-state index contributed by atoms with van der Waals surface area (Å²) in [6.45, 7) is 1.81. The lowest BCUT2D eigenvalue weighted by molar-refractivity contribution is -0.124. The first-order chi connectivity index (χ1) is 14.6. The molecule has 0 saturated carbocycles. The van der Waals surface area contributed by atoms with Gasteiger partial charge in [-0.15, -0.1) is 0 Å². The van der Waals surface area contributed by atoms with Gasteiger partial charge >= 0.3 is 0 Å². The van der Waals surface area contributed by atoms with Crippen molar-refractivity contribution >= 4 is 28.9 Å². The molecule has 3 aromatic rings. The second-order valence-electron chi connectivity index (χ2n) is 7.94. The molecule has 1 unspecified atom stereocenters. The van der Waals surface area contributed by atoms with Gasteiger partial charge in [-0.3, -0.25) is 9.59 Å². The SMILES string of the molecule is Nc1cccc(N2CC(C(=O)N3CCc4cc(Cn5ccnc5)ccc43)CC2=O)c1. The molecular formula is C23H23N5O2. The Labute approximate surface area is 174 Å². The fraction of sp³-hybridized carbons (Fsp3) is 0.261. The number of imidazole rings is 1. The number of carbonyl (C=O) groups excluding carboxylic acids is 2. The zero-order chi connectivity index (χ0) is 20.7. The fourth-order valence-electron chi connectivity index (χ4n) is 4.41. The van der Waals surface area contributed by atoms with Gasteiger partial charge in [-0.1, -0.05) is 18.2 Å². The van der Waals surface area contributed by atoms with Crippen molar-refractivity contribution < 1.29 is 9.59 Å². The Hall–Kier alpha value is -3.61. The molecule has 7 nitrogen and oxygen atoms in total. The monoisotopic (exact) mass is 401 g/mol. The number of hydrogen-bond donors (Lipinski definition) is 1. The second kappa shape index (κ2) is 7.33. The minimum absolute atomic E-state index is 0.0239. The third-order valence-electron chi connectivity index (χ3n) is 5.89. The van der Waals surface area contributed by atoms with Crippen LogP contribution in [0.3, 0.4) is 0 Å². The van der Waals surface area contributed by atoms with Gasteiger partial charge in [0.25, 0.3) is 0 Å². The van der Waals surface area contributed by atoms with E-state index in [0.717, 1.165) is 24.3 Å². The summed E-state index contributed by atoms with van der Waals surface area (Å²) in [5, 5.41) is 0. The largest absolute Gasteiger partial charge is 0.399 e. The van der Waals surface area contributed by atoms with Crippen molar-refractivity contribution in [2.45, 2.75) is 19.4 Å². The molecule has 3 heterocycles. The van der Waals surface area contributed by atoms with Gasteiger partial charge in [-0.2, -0.15) is 0 Å². The van der Waals surface area contributed by atoms with E-state index in [4.69, 9.17) is 5.73 Å². The van der Waals surface area contributed by atoms with Crippen LogP contribution < -0.4 is 15.5 Å². The van der Waals surface area contributed by atoms with Crippen LogP contribution in [0.15, 0.2) is 61.2 Å². The molecule has 2 N–H and O–H groups in total. The Morgan fingerprint density at radius 1 is 1.20 bits per heavy atom. The number of carbonyl (C=O) groups is 2. The molecule has 0 spiro atoms. The van der Waals surface area contributed by atoms with Gasteiger partial charge in [-0.05, 0) is 41.8 Å². The normalized spacial score (nSPS) is 18.1. The summed E-state index contributed by atoms with van der Waals surface area (Å²) < 4.78 is 2.02. The van der Waals surface area contributed by atoms with Crippen LogP contribution in [0, 0.1) is 5.92 Å². The zero-order valence-corrected chi connectivity index (χ0v) is 16.6. The van der Waals surface area contributed by atoms with Gasteiger partial charge < -0.3 is 20.1 Å². The van der Waals surface area contributed by atoms with Gasteiger partial charge in [0.1, 0.15) is 0 Å². The first-order valence-corrected chi connectivity index (χ1v) is 10.1. The summed E-state index contributed by atoms with van der Waals surface area (Å²) in [6.07, 6.45) is 6.57. The lowest BCUT2D eigenvalue weighted by Crippen LogP contribution is -2.36. The van der Waals surface area contributed by atoms with Crippen LogP contribution in [0.2, 0.25) is 0 Å². The van der Waals surface area contributed by atoms with E-state index < -0.39 is 0 Å². The summed E-state index contributed by atoms with van der Waals surface area (Å²) >= 11 is 0. The minimum atomic E-state index is -0.337. The highest BCUT2D eigenvalue weighted by molar-refractivity contribution is 6.05. The molecule has 2 amide bonds. The van der Waals surface area contributed by atoms with E-state index in [2.05, 4.69) is 17.1 Å². The first-order valence-electron chi connectivity index (χ1n) is 10.1. The lowest BCUT2D eigenvalue weighted by atomic mass is 10.1. The smallest absolute Gasteiger partial charge is 0.232 e. The molecule has 1 aromatic heterocycles. The van der Waals surface area contributed by atoms with Gasteiger partial charge in [0.15, 0.2) is 0 Å². The van der Waals surface area contributed by atoms with E-state index in [1.165, 1.54) is 11.1 Å². The second-order valence-corrected chi connectivity index (χ2v) is 7.94. The van der Waals surface area contributed by atoms with E-state index in [1.54, 1.807) is 29.6 Å². The lowest BCUT2D eigenvalue weighted by Gasteiger charge is -2.22. The molecule has 1 fully saturated rings. The van der Waals surface area contributed by atoms with E-state index in [1.807, 2.05) is 33.9 Å². The molecule has 0 radical (unpaired) electrons. The number of rotatable bonds is 4. The molecule has 2 aromatic carbocycles. The third kappa shape index (κ3) is 3.32. The van der Waals surface area contributed by atoms with Crippen molar-refractivity contribution in [1.82, 2.24) is 9.55 Å². The molecule has 1 saturated heterocycles. The van der Waals surface area contributed by atoms with Crippen LogP contribution in [0.1, 0.15) is 17.5 Å². The van der Waals surface area contributed by atoms with Crippen LogP contribution in [0.25, 0.3) is 0 Å². The highest BCUT2D eigenvalue weighted by Crippen LogP contribution is 2.33. The summed E-state index contributed by atoms with van der Waals surface area (Å²) in [6, 6.07) is 13.5. The number of hydrogen-bond acceptors (Lipinski definition) is 4. The van der Waals surface area contributed by atoms with Crippen LogP contribution in [-0.2, 0) is 22.6 Å². The van der Waals surface area contributed by atoms with Crippen molar-refractivity contribution in [3.05, 3.63) is 72.3 Å². The van der Waals surface area contributed by atoms with E-state index >= 15 is 0 Å². The van der Waals surface area contributed by atoms with Gasteiger partial charge in [0.05, 0.1) is 12.2 Å². The third-order valence-corrected chi connectivity index (χ3v) is 5.89. The number of fused-ring (bicyclic) bond motifs is 1. The number of amides is 2. The number of aromatic nitrogens is 2. The predicted octanol–water partition coefficient (Wildman–Crippen LogP) is 2.46. The first kappa shape index (κ1) is 18.4. The van der Waals surface area contributed by atoms with Crippen molar-refractivity contribution in [3.8, 4) is 0 Å². The molecule has 7 heteroatoms. The molecule has 1 atom stereocenters. The quantitative estimate of drug-likeness (QED) is 0.681. The molecule has 2 aliphatic heterocycles. The fourth-order valence-corrected chi connectivity index (χ4v) is 4.41. The van der Waals surface area contributed by atoms with Gasteiger partial charge in [0, 0.05) is 55.5 Å². The maximum atomic E-state index is 13.3. The van der Waals surface area contributed by atoms with Crippen LogP contribution >= 0.6 is 0 Å². The molecule has 2 aliphatic rings. The molecule has 5 rings (SSSR count). The highest BCUT2D eigenvalue weighted by Gasteiger charge is 2.39. The molecule has 152 valence electrons. The Kier molecular flexibility index (Phi) is 4.50. The molecule has 0 bridgehead atoms.